The maximum Gasteiger partial charge on any atom is 0.338 e. The van der Waals surface area contributed by atoms with Crippen LogP contribution in [0.4, 0.5) is 5.69 Å². The third-order valence-corrected chi connectivity index (χ3v) is 6.34. The Morgan fingerprint density at radius 3 is 2.81 bits per heavy atom. The standard InChI is InChI=1S/C22H24N4O5S/c1-14-10-17(31-25-14)13-30-21(29)15-6-5-7-16(11-15)23-19(27)12-18-20(28)24-22(32-18)26-8-3-2-4-9-26/h5-7,10-11,18H,2-4,8-9,12-13H2,1H3,(H,23,27)/t18-/m1/s1. The van der Waals surface area contributed by atoms with E-state index in [4.69, 9.17) is 9.26 Å². The number of esters is 1. The molecular weight excluding hydrogens is 432 g/mol. The van der Waals surface area contributed by atoms with Gasteiger partial charge in [0.2, 0.25) is 5.91 Å². The highest BCUT2D eigenvalue weighted by Gasteiger charge is 2.33. The topological polar surface area (TPSA) is 114 Å². The third-order valence-electron chi connectivity index (χ3n) is 5.13. The van der Waals surface area contributed by atoms with Gasteiger partial charge in [0, 0.05) is 31.3 Å². The molecule has 4 rings (SSSR count). The first-order valence-corrected chi connectivity index (χ1v) is 11.4. The zero-order valence-corrected chi connectivity index (χ0v) is 18.5. The van der Waals surface area contributed by atoms with Crippen LogP contribution in [-0.2, 0) is 20.9 Å². The van der Waals surface area contributed by atoms with Crippen LogP contribution in [0.5, 0.6) is 0 Å². The summed E-state index contributed by atoms with van der Waals surface area (Å²) < 4.78 is 10.2. The normalized spacial score (nSPS) is 18.4. The van der Waals surface area contributed by atoms with Crippen molar-refractivity contribution in [2.75, 3.05) is 18.4 Å². The fourth-order valence-corrected chi connectivity index (χ4v) is 4.66. The lowest BCUT2D eigenvalue weighted by atomic mass is 10.1. The van der Waals surface area contributed by atoms with Crippen molar-refractivity contribution in [2.24, 2.45) is 4.99 Å². The first kappa shape index (κ1) is 22.1. The molecule has 3 heterocycles. The molecule has 1 N–H and O–H groups in total. The molecule has 1 fully saturated rings. The second-order valence-corrected chi connectivity index (χ2v) is 8.90. The number of rotatable bonds is 6. The Hall–Kier alpha value is -3.14. The van der Waals surface area contributed by atoms with Crippen molar-refractivity contribution in [1.82, 2.24) is 10.1 Å². The van der Waals surface area contributed by atoms with E-state index < -0.39 is 11.2 Å². The predicted octanol–water partition coefficient (Wildman–Crippen LogP) is 3.15. The molecule has 0 aliphatic carbocycles. The zero-order chi connectivity index (χ0) is 22.5. The quantitative estimate of drug-likeness (QED) is 0.660. The van der Waals surface area contributed by atoms with E-state index in [0.717, 1.165) is 31.1 Å². The number of anilines is 1. The number of aliphatic imine (C=N–C) groups is 1. The lowest BCUT2D eigenvalue weighted by Gasteiger charge is -2.27. The van der Waals surface area contributed by atoms with E-state index in [1.165, 1.54) is 24.2 Å². The molecule has 1 aromatic heterocycles. The number of carbonyl (C=O) groups excluding carboxylic acids is 3. The molecule has 0 bridgehead atoms. The third kappa shape index (κ3) is 5.56. The van der Waals surface area contributed by atoms with Crippen LogP contribution in [0.15, 0.2) is 39.8 Å². The van der Waals surface area contributed by atoms with E-state index in [2.05, 4.69) is 20.4 Å². The molecule has 2 aromatic rings. The summed E-state index contributed by atoms with van der Waals surface area (Å²) in [6.45, 7) is 3.55. The fraction of sp³-hybridized carbons (Fsp3) is 0.409. The molecule has 1 aromatic carbocycles. The van der Waals surface area contributed by atoms with Gasteiger partial charge < -0.3 is 19.5 Å². The minimum Gasteiger partial charge on any atom is -0.454 e. The van der Waals surface area contributed by atoms with E-state index in [1.807, 2.05) is 0 Å². The Morgan fingerprint density at radius 2 is 2.06 bits per heavy atom. The van der Waals surface area contributed by atoms with Gasteiger partial charge in [-0.2, -0.15) is 4.99 Å². The highest BCUT2D eigenvalue weighted by atomic mass is 32.2. The Balaban J connectivity index is 1.29. The van der Waals surface area contributed by atoms with Crippen LogP contribution >= 0.6 is 11.8 Å². The maximum atomic E-state index is 12.5. The van der Waals surface area contributed by atoms with Crippen LogP contribution in [-0.4, -0.2) is 51.3 Å². The zero-order valence-electron chi connectivity index (χ0n) is 17.7. The van der Waals surface area contributed by atoms with Gasteiger partial charge in [0.25, 0.3) is 5.91 Å². The molecule has 0 unspecified atom stereocenters. The van der Waals surface area contributed by atoms with Crippen LogP contribution in [0.3, 0.4) is 0 Å². The average molecular weight is 457 g/mol. The van der Waals surface area contributed by atoms with E-state index in [-0.39, 0.29) is 24.8 Å². The molecule has 32 heavy (non-hydrogen) atoms. The smallest absolute Gasteiger partial charge is 0.338 e. The van der Waals surface area contributed by atoms with Crippen molar-refractivity contribution in [3.05, 3.63) is 47.3 Å². The molecule has 0 spiro atoms. The number of aromatic nitrogens is 1. The van der Waals surface area contributed by atoms with Crippen molar-refractivity contribution < 1.29 is 23.6 Å². The number of hydrogen-bond acceptors (Lipinski definition) is 8. The van der Waals surface area contributed by atoms with Gasteiger partial charge in [0.05, 0.1) is 11.3 Å². The Labute approximate surface area is 189 Å². The van der Waals surface area contributed by atoms with Gasteiger partial charge in [-0.15, -0.1) is 0 Å². The number of carbonyl (C=O) groups is 3. The maximum absolute atomic E-state index is 12.5. The summed E-state index contributed by atoms with van der Waals surface area (Å²) in [5.41, 5.74) is 1.45. The molecule has 2 aliphatic heterocycles. The highest BCUT2D eigenvalue weighted by Crippen LogP contribution is 2.29. The summed E-state index contributed by atoms with van der Waals surface area (Å²) in [7, 11) is 0. The van der Waals surface area contributed by atoms with Gasteiger partial charge in [-0.1, -0.05) is 23.0 Å². The van der Waals surface area contributed by atoms with Gasteiger partial charge in [0.15, 0.2) is 17.5 Å². The number of nitrogens with zero attached hydrogens (tertiary/aromatic N) is 3. The molecule has 0 saturated carbocycles. The van der Waals surface area contributed by atoms with Crippen LogP contribution < -0.4 is 5.32 Å². The lowest BCUT2D eigenvalue weighted by molar-refractivity contribution is -0.121. The summed E-state index contributed by atoms with van der Waals surface area (Å²) in [6, 6.07) is 8.14. The largest absolute Gasteiger partial charge is 0.454 e. The number of amides is 2. The van der Waals surface area contributed by atoms with Crippen molar-refractivity contribution in [3.8, 4) is 0 Å². The number of amidine groups is 1. The summed E-state index contributed by atoms with van der Waals surface area (Å²) in [4.78, 5) is 43.4. The number of aryl methyl sites for hydroxylation is 1. The predicted molar refractivity (Wildman–Crippen MR) is 119 cm³/mol. The van der Waals surface area contributed by atoms with Crippen molar-refractivity contribution in [3.63, 3.8) is 0 Å². The number of piperidine rings is 1. The number of thioether (sulfide) groups is 1. The lowest BCUT2D eigenvalue weighted by Crippen LogP contribution is -2.33. The van der Waals surface area contributed by atoms with Gasteiger partial charge >= 0.3 is 5.97 Å². The second-order valence-electron chi connectivity index (χ2n) is 7.73. The highest BCUT2D eigenvalue weighted by molar-refractivity contribution is 8.15. The van der Waals surface area contributed by atoms with Crippen LogP contribution in [0.1, 0.15) is 47.5 Å². The van der Waals surface area contributed by atoms with Gasteiger partial charge in [-0.05, 0) is 44.4 Å². The van der Waals surface area contributed by atoms with Gasteiger partial charge in [-0.25, -0.2) is 4.79 Å². The molecule has 10 heteroatoms. The van der Waals surface area contributed by atoms with Crippen molar-refractivity contribution >= 4 is 40.4 Å². The molecule has 168 valence electrons. The van der Waals surface area contributed by atoms with Crippen LogP contribution in [0.25, 0.3) is 0 Å². The van der Waals surface area contributed by atoms with Gasteiger partial charge in [-0.3, -0.25) is 9.59 Å². The fourth-order valence-electron chi connectivity index (χ4n) is 3.54. The summed E-state index contributed by atoms with van der Waals surface area (Å²) in [6.07, 6.45) is 3.40. The minimum atomic E-state index is -0.545. The first-order valence-electron chi connectivity index (χ1n) is 10.5. The monoisotopic (exact) mass is 456 g/mol. The molecule has 1 atom stereocenters. The molecule has 1 saturated heterocycles. The Morgan fingerprint density at radius 1 is 1.25 bits per heavy atom. The van der Waals surface area contributed by atoms with Crippen molar-refractivity contribution in [2.45, 2.75) is 44.5 Å². The number of likely N-dealkylation sites (tertiary alicyclic amines) is 1. The number of nitrogens with one attached hydrogen (secondary N) is 1. The molecule has 2 aliphatic rings. The van der Waals surface area contributed by atoms with Gasteiger partial charge in [0.1, 0.15) is 5.25 Å². The average Bonchev–Trinajstić information content (AvgIpc) is 3.38. The molecular formula is C22H24N4O5S. The molecule has 0 radical (unpaired) electrons. The van der Waals surface area contributed by atoms with Crippen LogP contribution in [0.2, 0.25) is 0 Å². The molecule has 2 amide bonds. The summed E-state index contributed by atoms with van der Waals surface area (Å²) in [5.74, 6) is -0.680. The van der Waals surface area contributed by atoms with Crippen molar-refractivity contribution in [1.29, 1.82) is 0 Å². The van der Waals surface area contributed by atoms with Crippen LogP contribution in [0, 0.1) is 6.92 Å². The summed E-state index contributed by atoms with van der Waals surface area (Å²) >= 11 is 1.36. The van der Waals surface area contributed by atoms with E-state index in [0.29, 0.717) is 22.7 Å². The number of ether oxygens (including phenoxy) is 1. The Bertz CT molecular complexity index is 1040. The molecule has 9 nitrogen and oxygen atoms in total. The Kier molecular flexibility index (Phi) is 6.89. The van der Waals surface area contributed by atoms with E-state index in [9.17, 15) is 14.4 Å². The first-order chi connectivity index (χ1) is 15.5. The van der Waals surface area contributed by atoms with E-state index in [1.54, 1.807) is 31.2 Å². The SMILES string of the molecule is Cc1cc(COC(=O)c2cccc(NC(=O)C[C@H]3SC(N4CCCCC4)=NC3=O)c2)on1. The summed E-state index contributed by atoms with van der Waals surface area (Å²) in [5, 5.41) is 6.69. The van der Waals surface area contributed by atoms with E-state index >= 15 is 0 Å². The number of benzene rings is 1. The second kappa shape index (κ2) is 9.99. The number of hydrogen-bond donors (Lipinski definition) is 1. The minimum absolute atomic E-state index is 0.0177.